The van der Waals surface area contributed by atoms with Crippen molar-refractivity contribution >= 4 is 35.0 Å². The number of halogens is 2. The minimum absolute atomic E-state index is 0.0858. The van der Waals surface area contributed by atoms with Gasteiger partial charge in [-0.25, -0.2) is 0 Å². The highest BCUT2D eigenvalue weighted by Crippen LogP contribution is 2.26. The molecule has 0 bridgehead atoms. The van der Waals surface area contributed by atoms with Crippen molar-refractivity contribution in [1.82, 2.24) is 10.6 Å². The van der Waals surface area contributed by atoms with Crippen LogP contribution in [0, 0.1) is 5.92 Å². The molecule has 0 aromatic heterocycles. The normalized spacial score (nSPS) is 19.9. The highest BCUT2D eigenvalue weighted by Gasteiger charge is 2.28. The van der Waals surface area contributed by atoms with Crippen LogP contribution < -0.4 is 10.6 Å². The average molecular weight is 301 g/mol. The molecule has 2 atom stereocenters. The van der Waals surface area contributed by atoms with Crippen LogP contribution in [0.4, 0.5) is 0 Å². The number of rotatable bonds is 3. The number of hydrogen-bond acceptors (Lipinski definition) is 2. The van der Waals surface area contributed by atoms with Crippen LogP contribution in [0.5, 0.6) is 0 Å². The van der Waals surface area contributed by atoms with Crippen molar-refractivity contribution in [2.75, 3.05) is 6.54 Å². The zero-order chi connectivity index (χ0) is 14.0. The Kier molecular flexibility index (Phi) is 4.32. The number of carbonyl (C=O) groups excluding carboxylic acids is 2. The second-order valence-electron chi connectivity index (χ2n) is 4.60. The Morgan fingerprint density at radius 2 is 2.21 bits per heavy atom. The maximum atomic E-state index is 12.0. The Bertz CT molecular complexity index is 519. The molecule has 2 rings (SSSR count). The molecule has 4 nitrogen and oxygen atoms in total. The van der Waals surface area contributed by atoms with E-state index in [1.54, 1.807) is 18.2 Å². The van der Waals surface area contributed by atoms with Gasteiger partial charge in [0.1, 0.15) is 0 Å². The Morgan fingerprint density at radius 1 is 1.47 bits per heavy atom. The fraction of sp³-hybridized carbons (Fsp3) is 0.385. The lowest BCUT2D eigenvalue weighted by Crippen LogP contribution is -2.33. The van der Waals surface area contributed by atoms with Gasteiger partial charge in [-0.15, -0.1) is 0 Å². The van der Waals surface area contributed by atoms with Crippen LogP contribution in [0.1, 0.15) is 24.9 Å². The molecular weight excluding hydrogens is 287 g/mol. The first-order valence-electron chi connectivity index (χ1n) is 5.99. The summed E-state index contributed by atoms with van der Waals surface area (Å²) in [5.74, 6) is -0.532. The van der Waals surface area contributed by atoms with Crippen LogP contribution in [-0.4, -0.2) is 18.4 Å². The lowest BCUT2D eigenvalue weighted by Gasteiger charge is -2.18. The van der Waals surface area contributed by atoms with E-state index in [0.29, 0.717) is 16.6 Å². The fourth-order valence-electron chi connectivity index (χ4n) is 2.05. The van der Waals surface area contributed by atoms with Gasteiger partial charge in [0.05, 0.1) is 12.0 Å². The van der Waals surface area contributed by atoms with Gasteiger partial charge in [0.2, 0.25) is 11.8 Å². The van der Waals surface area contributed by atoms with E-state index in [9.17, 15) is 9.59 Å². The number of hydrogen-bond donors (Lipinski definition) is 2. The summed E-state index contributed by atoms with van der Waals surface area (Å²) < 4.78 is 0. The summed E-state index contributed by atoms with van der Waals surface area (Å²) in [5, 5.41) is 6.57. The molecule has 19 heavy (non-hydrogen) atoms. The van der Waals surface area contributed by atoms with Gasteiger partial charge < -0.3 is 10.6 Å². The first kappa shape index (κ1) is 14.2. The number of carbonyl (C=O) groups is 2. The van der Waals surface area contributed by atoms with E-state index < -0.39 is 0 Å². The average Bonchev–Trinajstić information content (AvgIpc) is 2.75. The van der Waals surface area contributed by atoms with Gasteiger partial charge in [0.25, 0.3) is 0 Å². The molecule has 2 amide bonds. The molecule has 1 heterocycles. The van der Waals surface area contributed by atoms with Crippen LogP contribution in [0.2, 0.25) is 10.0 Å². The highest BCUT2D eigenvalue weighted by atomic mass is 35.5. The van der Waals surface area contributed by atoms with Crippen molar-refractivity contribution in [3.05, 3.63) is 33.8 Å². The summed E-state index contributed by atoms with van der Waals surface area (Å²) in [7, 11) is 0. The second kappa shape index (κ2) is 5.80. The van der Waals surface area contributed by atoms with E-state index in [0.717, 1.165) is 5.56 Å². The third kappa shape index (κ3) is 3.39. The summed E-state index contributed by atoms with van der Waals surface area (Å²) in [6, 6.07) is 4.93. The number of benzene rings is 1. The minimum Gasteiger partial charge on any atom is -0.355 e. The van der Waals surface area contributed by atoms with Crippen molar-refractivity contribution in [1.29, 1.82) is 0 Å². The summed E-state index contributed by atoms with van der Waals surface area (Å²) in [6.45, 7) is 2.24. The van der Waals surface area contributed by atoms with Crippen LogP contribution in [0.25, 0.3) is 0 Å². The maximum absolute atomic E-state index is 12.0. The molecule has 1 saturated heterocycles. The molecule has 1 aromatic carbocycles. The lowest BCUT2D eigenvalue weighted by atomic mass is 10.0. The van der Waals surface area contributed by atoms with E-state index >= 15 is 0 Å². The van der Waals surface area contributed by atoms with Crippen LogP contribution in [-0.2, 0) is 9.59 Å². The van der Waals surface area contributed by atoms with Gasteiger partial charge in [-0.2, -0.15) is 0 Å². The van der Waals surface area contributed by atoms with E-state index in [4.69, 9.17) is 23.2 Å². The fourth-order valence-corrected chi connectivity index (χ4v) is 2.62. The monoisotopic (exact) mass is 300 g/mol. The van der Waals surface area contributed by atoms with E-state index in [1.165, 1.54) is 0 Å². The van der Waals surface area contributed by atoms with Gasteiger partial charge in [-0.05, 0) is 24.6 Å². The molecule has 1 aliphatic heterocycles. The van der Waals surface area contributed by atoms with Crippen molar-refractivity contribution in [2.45, 2.75) is 19.4 Å². The molecule has 1 aliphatic rings. The number of nitrogens with one attached hydrogen (secondary N) is 2. The van der Waals surface area contributed by atoms with Gasteiger partial charge in [0.15, 0.2) is 0 Å². The highest BCUT2D eigenvalue weighted by molar-refractivity contribution is 6.35. The zero-order valence-corrected chi connectivity index (χ0v) is 11.9. The lowest BCUT2D eigenvalue weighted by molar-refractivity contribution is -0.127. The summed E-state index contributed by atoms with van der Waals surface area (Å²) in [5.41, 5.74) is 0.802. The first-order chi connectivity index (χ1) is 8.97. The predicted molar refractivity (Wildman–Crippen MR) is 74.1 cm³/mol. The molecule has 0 spiro atoms. The smallest absolute Gasteiger partial charge is 0.225 e. The van der Waals surface area contributed by atoms with Crippen molar-refractivity contribution in [3.8, 4) is 0 Å². The third-order valence-corrected chi connectivity index (χ3v) is 3.70. The molecule has 0 radical (unpaired) electrons. The summed E-state index contributed by atoms with van der Waals surface area (Å²) in [4.78, 5) is 23.1. The van der Waals surface area contributed by atoms with E-state index in [-0.39, 0.29) is 30.2 Å². The summed E-state index contributed by atoms with van der Waals surface area (Å²) in [6.07, 6.45) is 0.243. The molecule has 2 N–H and O–H groups in total. The topological polar surface area (TPSA) is 58.2 Å². The molecule has 6 heteroatoms. The zero-order valence-electron chi connectivity index (χ0n) is 10.4. The molecule has 102 valence electrons. The quantitative estimate of drug-likeness (QED) is 0.900. The maximum Gasteiger partial charge on any atom is 0.225 e. The Hall–Kier alpha value is -1.26. The molecule has 0 aliphatic carbocycles. The summed E-state index contributed by atoms with van der Waals surface area (Å²) >= 11 is 11.9. The third-order valence-electron chi connectivity index (χ3n) is 3.14. The van der Waals surface area contributed by atoms with Crippen molar-refractivity contribution in [2.24, 2.45) is 5.92 Å². The Morgan fingerprint density at radius 3 is 2.79 bits per heavy atom. The van der Waals surface area contributed by atoms with Crippen molar-refractivity contribution in [3.63, 3.8) is 0 Å². The van der Waals surface area contributed by atoms with Gasteiger partial charge >= 0.3 is 0 Å². The SMILES string of the molecule is CC(NC(=O)C1CNC(=O)C1)c1ccc(Cl)cc1Cl. The largest absolute Gasteiger partial charge is 0.355 e. The Balaban J connectivity index is 2.02. The van der Waals surface area contributed by atoms with E-state index in [1.807, 2.05) is 6.92 Å². The Labute approximate surface area is 121 Å². The van der Waals surface area contributed by atoms with Crippen LogP contribution in [0.3, 0.4) is 0 Å². The van der Waals surface area contributed by atoms with Crippen LogP contribution in [0.15, 0.2) is 18.2 Å². The van der Waals surface area contributed by atoms with Gasteiger partial charge in [-0.1, -0.05) is 29.3 Å². The van der Waals surface area contributed by atoms with Gasteiger partial charge in [0, 0.05) is 23.0 Å². The second-order valence-corrected chi connectivity index (χ2v) is 5.44. The van der Waals surface area contributed by atoms with Crippen LogP contribution >= 0.6 is 23.2 Å². The molecule has 1 aromatic rings. The molecule has 2 unspecified atom stereocenters. The minimum atomic E-state index is -0.305. The van der Waals surface area contributed by atoms with Gasteiger partial charge in [-0.3, -0.25) is 9.59 Å². The number of amides is 2. The molecular formula is C13H14Cl2N2O2. The standard InChI is InChI=1S/C13H14Cl2N2O2/c1-7(10-3-2-9(14)5-11(10)15)17-13(19)8-4-12(18)16-6-8/h2-3,5,7-8H,4,6H2,1H3,(H,16,18)(H,17,19). The van der Waals surface area contributed by atoms with E-state index in [2.05, 4.69) is 10.6 Å². The first-order valence-corrected chi connectivity index (χ1v) is 6.75. The predicted octanol–water partition coefficient (Wildman–Crippen LogP) is 2.31. The molecule has 1 fully saturated rings. The molecule has 0 saturated carbocycles. The van der Waals surface area contributed by atoms with Crippen molar-refractivity contribution < 1.29 is 9.59 Å².